The first kappa shape index (κ1) is 15.8. The molecule has 1 amide bonds. The van der Waals surface area contributed by atoms with E-state index in [1.807, 2.05) is 28.5 Å². The fourth-order valence-electron chi connectivity index (χ4n) is 3.53. The Morgan fingerprint density at radius 3 is 2.56 bits per heavy atom. The summed E-state index contributed by atoms with van der Waals surface area (Å²) in [5.41, 5.74) is 8.24. The molecule has 6 nitrogen and oxygen atoms in total. The van der Waals surface area contributed by atoms with E-state index >= 15 is 0 Å². The fourth-order valence-corrected chi connectivity index (χ4v) is 4.20. The quantitative estimate of drug-likeness (QED) is 0.781. The lowest BCUT2D eigenvalue weighted by atomic mass is 9.70. The Morgan fingerprint density at radius 2 is 1.96 bits per heavy atom. The van der Waals surface area contributed by atoms with Gasteiger partial charge in [-0.25, -0.2) is 4.98 Å². The largest absolute Gasteiger partial charge is 0.375 e. The second kappa shape index (κ2) is 6.33. The van der Waals surface area contributed by atoms with Gasteiger partial charge in [0.05, 0.1) is 5.69 Å². The van der Waals surface area contributed by atoms with Crippen LogP contribution < -0.4 is 5.73 Å². The monoisotopic (exact) mass is 354 g/mol. The van der Waals surface area contributed by atoms with Gasteiger partial charge in [0.15, 0.2) is 10.8 Å². The first-order valence-corrected chi connectivity index (χ1v) is 9.04. The highest BCUT2D eigenvalue weighted by Crippen LogP contribution is 2.42. The number of thiazole rings is 1. The minimum Gasteiger partial charge on any atom is -0.375 e. The van der Waals surface area contributed by atoms with E-state index in [0.29, 0.717) is 23.9 Å². The first-order valence-electron chi connectivity index (χ1n) is 8.16. The number of amides is 1. The smallest absolute Gasteiger partial charge is 0.276 e. The predicted molar refractivity (Wildman–Crippen MR) is 95.4 cm³/mol. The van der Waals surface area contributed by atoms with Gasteiger partial charge >= 0.3 is 0 Å². The molecule has 1 fully saturated rings. The van der Waals surface area contributed by atoms with E-state index in [0.717, 1.165) is 18.5 Å². The van der Waals surface area contributed by atoms with Crippen molar-refractivity contribution in [3.63, 3.8) is 0 Å². The number of piperidine rings is 1. The van der Waals surface area contributed by atoms with Gasteiger partial charge in [-0.3, -0.25) is 4.79 Å². The summed E-state index contributed by atoms with van der Waals surface area (Å²) >= 11 is 1.46. The van der Waals surface area contributed by atoms with Crippen LogP contribution in [-0.4, -0.2) is 34.0 Å². The van der Waals surface area contributed by atoms with Crippen molar-refractivity contribution in [1.82, 2.24) is 15.0 Å². The third kappa shape index (κ3) is 2.80. The Bertz CT molecular complexity index is 852. The molecule has 1 aliphatic heterocycles. The lowest BCUT2D eigenvalue weighted by molar-refractivity contribution is 0.0673. The number of carbonyl (C=O) groups excluding carboxylic acids is 1. The molecular weight excluding hydrogens is 336 g/mol. The third-order valence-electron chi connectivity index (χ3n) is 4.90. The summed E-state index contributed by atoms with van der Waals surface area (Å²) in [6, 6.07) is 12.0. The van der Waals surface area contributed by atoms with Crippen molar-refractivity contribution >= 4 is 22.4 Å². The Kier molecular flexibility index (Phi) is 4.01. The number of rotatable bonds is 3. The number of benzene rings is 1. The molecular formula is C18H18N4O2S. The second-order valence-corrected chi connectivity index (χ2v) is 7.09. The molecule has 0 spiro atoms. The van der Waals surface area contributed by atoms with Crippen LogP contribution in [0.1, 0.15) is 34.6 Å². The molecule has 1 saturated heterocycles. The molecule has 25 heavy (non-hydrogen) atoms. The number of carbonyl (C=O) groups is 1. The average molecular weight is 354 g/mol. The fraction of sp³-hybridized carbons (Fsp3) is 0.278. The van der Waals surface area contributed by atoms with Crippen molar-refractivity contribution in [2.75, 3.05) is 18.8 Å². The number of nitrogens with two attached hydrogens (primary N) is 1. The summed E-state index contributed by atoms with van der Waals surface area (Å²) in [5.74, 6) is -0.0896. The van der Waals surface area contributed by atoms with Crippen LogP contribution in [0.5, 0.6) is 0 Å². The molecule has 0 aliphatic carbocycles. The number of anilines is 1. The number of nitrogen functional groups attached to an aromatic ring is 1. The standard InChI is InChI=1S/C18H18N4O2S/c19-17-20-15(12-25-17)18(13-4-2-1-3-5-13)7-9-22(10-8-18)16(23)14-6-11-24-21-14/h1-6,11-12H,7-10H2,(H2,19,20). The van der Waals surface area contributed by atoms with E-state index in [1.54, 1.807) is 6.07 Å². The van der Waals surface area contributed by atoms with E-state index in [-0.39, 0.29) is 11.3 Å². The average Bonchev–Trinajstić information content (AvgIpc) is 3.34. The van der Waals surface area contributed by atoms with Crippen molar-refractivity contribution in [2.45, 2.75) is 18.3 Å². The normalized spacial score (nSPS) is 16.7. The van der Waals surface area contributed by atoms with Crippen LogP contribution in [-0.2, 0) is 5.41 Å². The number of nitrogens with zero attached hydrogens (tertiary/aromatic N) is 3. The molecule has 3 heterocycles. The Hall–Kier alpha value is -2.67. The first-order chi connectivity index (χ1) is 12.2. The third-order valence-corrected chi connectivity index (χ3v) is 5.57. The van der Waals surface area contributed by atoms with Crippen molar-refractivity contribution in [1.29, 1.82) is 0 Å². The number of hydrogen-bond acceptors (Lipinski definition) is 6. The zero-order valence-electron chi connectivity index (χ0n) is 13.6. The molecule has 4 rings (SSSR count). The molecule has 0 unspecified atom stereocenters. The lowest BCUT2D eigenvalue weighted by Crippen LogP contribution is -2.46. The Labute approximate surface area is 149 Å². The highest BCUT2D eigenvalue weighted by atomic mass is 32.1. The number of aromatic nitrogens is 2. The van der Waals surface area contributed by atoms with Crippen molar-refractivity contribution in [2.24, 2.45) is 0 Å². The number of hydrogen-bond donors (Lipinski definition) is 1. The second-order valence-electron chi connectivity index (χ2n) is 6.20. The maximum Gasteiger partial charge on any atom is 0.276 e. The van der Waals surface area contributed by atoms with E-state index in [4.69, 9.17) is 10.3 Å². The molecule has 2 N–H and O–H groups in total. The summed E-state index contributed by atoms with van der Waals surface area (Å²) in [5, 5.41) is 6.37. The van der Waals surface area contributed by atoms with Gasteiger partial charge in [-0.1, -0.05) is 35.5 Å². The van der Waals surface area contributed by atoms with Crippen molar-refractivity contribution in [3.05, 3.63) is 65.0 Å². The van der Waals surface area contributed by atoms with E-state index < -0.39 is 0 Å². The zero-order valence-corrected chi connectivity index (χ0v) is 14.4. The van der Waals surface area contributed by atoms with Gasteiger partial charge < -0.3 is 15.2 Å². The molecule has 0 atom stereocenters. The summed E-state index contributed by atoms with van der Waals surface area (Å²) in [7, 11) is 0. The minimum atomic E-state index is -0.212. The van der Waals surface area contributed by atoms with Gasteiger partial charge in [0, 0.05) is 30.0 Å². The molecule has 3 aromatic rings. The van der Waals surface area contributed by atoms with Gasteiger partial charge in [0.2, 0.25) is 0 Å². The Morgan fingerprint density at radius 1 is 1.20 bits per heavy atom. The Balaban J connectivity index is 1.63. The molecule has 7 heteroatoms. The maximum absolute atomic E-state index is 12.5. The van der Waals surface area contributed by atoms with Crippen LogP contribution in [0.2, 0.25) is 0 Å². The van der Waals surface area contributed by atoms with Crippen LogP contribution in [0.3, 0.4) is 0 Å². The van der Waals surface area contributed by atoms with Gasteiger partial charge in [0.1, 0.15) is 6.26 Å². The summed E-state index contributed by atoms with van der Waals surface area (Å²) in [4.78, 5) is 18.9. The summed E-state index contributed by atoms with van der Waals surface area (Å²) < 4.78 is 4.79. The summed E-state index contributed by atoms with van der Waals surface area (Å²) in [6.45, 7) is 1.27. The van der Waals surface area contributed by atoms with Crippen molar-refractivity contribution in [3.8, 4) is 0 Å². The maximum atomic E-state index is 12.5. The lowest BCUT2D eigenvalue weighted by Gasteiger charge is -2.41. The van der Waals surface area contributed by atoms with E-state index in [2.05, 4.69) is 22.3 Å². The highest BCUT2D eigenvalue weighted by Gasteiger charge is 2.41. The van der Waals surface area contributed by atoms with Gasteiger partial charge in [-0.15, -0.1) is 11.3 Å². The SMILES string of the molecule is Nc1nc(C2(c3ccccc3)CCN(C(=O)c3ccon3)CC2)cs1. The highest BCUT2D eigenvalue weighted by molar-refractivity contribution is 7.13. The van der Waals surface area contributed by atoms with E-state index in [9.17, 15) is 4.79 Å². The van der Waals surface area contributed by atoms with Crippen molar-refractivity contribution < 1.29 is 9.32 Å². The molecule has 2 aromatic heterocycles. The molecule has 1 aliphatic rings. The molecule has 128 valence electrons. The van der Waals surface area contributed by atoms with Crippen LogP contribution in [0.15, 0.2) is 52.6 Å². The van der Waals surface area contributed by atoms with Gasteiger partial charge in [0.25, 0.3) is 5.91 Å². The van der Waals surface area contributed by atoms with Crippen LogP contribution in [0, 0.1) is 0 Å². The molecule has 0 saturated carbocycles. The molecule has 0 bridgehead atoms. The topological polar surface area (TPSA) is 85.2 Å². The van der Waals surface area contributed by atoms with Gasteiger partial charge in [-0.2, -0.15) is 0 Å². The predicted octanol–water partition coefficient (Wildman–Crippen LogP) is 2.94. The summed E-state index contributed by atoms with van der Waals surface area (Å²) in [6.07, 6.45) is 3.01. The van der Waals surface area contributed by atoms with Crippen LogP contribution in [0.4, 0.5) is 5.13 Å². The molecule has 1 aromatic carbocycles. The van der Waals surface area contributed by atoms with Gasteiger partial charge in [-0.05, 0) is 18.4 Å². The van der Waals surface area contributed by atoms with Crippen LogP contribution >= 0.6 is 11.3 Å². The zero-order chi connectivity index (χ0) is 17.3. The van der Waals surface area contributed by atoms with Crippen LogP contribution in [0.25, 0.3) is 0 Å². The number of likely N-dealkylation sites (tertiary alicyclic amines) is 1. The minimum absolute atomic E-state index is 0.0896. The van der Waals surface area contributed by atoms with E-state index in [1.165, 1.54) is 23.2 Å². The molecule has 0 radical (unpaired) electrons.